The van der Waals surface area contributed by atoms with Crippen LogP contribution in [0.2, 0.25) is 0 Å². The van der Waals surface area contributed by atoms with E-state index in [4.69, 9.17) is 21.1 Å². The molecule has 1 unspecified atom stereocenters. The standard InChI is InChI=1S/C13H16ClNO3/c14-7-10-2-1-3-11(6-10)13(16)15-8-12-9-17-4-5-18-12/h1-3,6,12H,4-5,7-9H2,(H,15,16). The molecule has 1 aromatic carbocycles. The van der Waals surface area contributed by atoms with Crippen molar-refractivity contribution >= 4 is 17.5 Å². The van der Waals surface area contributed by atoms with E-state index in [0.29, 0.717) is 37.8 Å². The van der Waals surface area contributed by atoms with Crippen LogP contribution in [0.15, 0.2) is 24.3 Å². The summed E-state index contributed by atoms with van der Waals surface area (Å²) in [5.74, 6) is 0.289. The van der Waals surface area contributed by atoms with Gasteiger partial charge in [0.2, 0.25) is 0 Å². The number of benzene rings is 1. The summed E-state index contributed by atoms with van der Waals surface area (Å²) < 4.78 is 10.7. The van der Waals surface area contributed by atoms with E-state index in [9.17, 15) is 4.79 Å². The minimum atomic E-state index is -0.115. The monoisotopic (exact) mass is 269 g/mol. The van der Waals surface area contributed by atoms with Crippen molar-refractivity contribution in [1.82, 2.24) is 5.32 Å². The summed E-state index contributed by atoms with van der Waals surface area (Å²) in [7, 11) is 0. The Bertz CT molecular complexity index is 405. The van der Waals surface area contributed by atoms with Crippen molar-refractivity contribution < 1.29 is 14.3 Å². The third-order valence-corrected chi connectivity index (χ3v) is 3.03. The average molecular weight is 270 g/mol. The van der Waals surface area contributed by atoms with Gasteiger partial charge >= 0.3 is 0 Å². The number of amides is 1. The van der Waals surface area contributed by atoms with Gasteiger partial charge in [-0.15, -0.1) is 11.6 Å². The van der Waals surface area contributed by atoms with Crippen molar-refractivity contribution in [3.63, 3.8) is 0 Å². The molecule has 0 aromatic heterocycles. The highest BCUT2D eigenvalue weighted by molar-refractivity contribution is 6.17. The average Bonchev–Trinajstić information content (AvgIpc) is 2.46. The molecular formula is C13H16ClNO3. The third-order valence-electron chi connectivity index (χ3n) is 2.72. The minimum absolute atomic E-state index is 0.0566. The number of nitrogens with one attached hydrogen (secondary N) is 1. The smallest absolute Gasteiger partial charge is 0.251 e. The van der Waals surface area contributed by atoms with Gasteiger partial charge in [-0.2, -0.15) is 0 Å². The lowest BCUT2D eigenvalue weighted by atomic mass is 10.1. The maximum atomic E-state index is 11.9. The number of hydrogen-bond donors (Lipinski definition) is 1. The molecule has 1 aliphatic heterocycles. The first-order valence-corrected chi connectivity index (χ1v) is 6.45. The van der Waals surface area contributed by atoms with Crippen molar-refractivity contribution in [3.8, 4) is 0 Å². The third kappa shape index (κ3) is 3.70. The molecule has 1 heterocycles. The molecule has 98 valence electrons. The molecule has 0 saturated carbocycles. The molecule has 18 heavy (non-hydrogen) atoms. The molecule has 4 nitrogen and oxygen atoms in total. The number of alkyl halides is 1. The van der Waals surface area contributed by atoms with Crippen LogP contribution in [-0.2, 0) is 15.4 Å². The van der Waals surface area contributed by atoms with Crippen molar-refractivity contribution in [2.75, 3.05) is 26.4 Å². The van der Waals surface area contributed by atoms with E-state index < -0.39 is 0 Å². The van der Waals surface area contributed by atoms with Gasteiger partial charge in [-0.25, -0.2) is 0 Å². The second-order valence-corrected chi connectivity index (χ2v) is 4.38. The first-order chi connectivity index (χ1) is 8.79. The second kappa shape index (κ2) is 6.73. The lowest BCUT2D eigenvalue weighted by Gasteiger charge is -2.23. The zero-order chi connectivity index (χ0) is 12.8. The van der Waals surface area contributed by atoms with E-state index in [-0.39, 0.29) is 12.0 Å². The molecule has 1 amide bonds. The van der Waals surface area contributed by atoms with Crippen molar-refractivity contribution in [2.45, 2.75) is 12.0 Å². The fourth-order valence-corrected chi connectivity index (χ4v) is 1.92. The van der Waals surface area contributed by atoms with Gasteiger partial charge in [0.05, 0.1) is 25.9 Å². The highest BCUT2D eigenvalue weighted by Crippen LogP contribution is 2.08. The molecule has 0 bridgehead atoms. The lowest BCUT2D eigenvalue weighted by Crippen LogP contribution is -2.39. The molecule has 0 aliphatic carbocycles. The molecule has 1 N–H and O–H groups in total. The van der Waals surface area contributed by atoms with Gasteiger partial charge < -0.3 is 14.8 Å². The highest BCUT2D eigenvalue weighted by Gasteiger charge is 2.15. The van der Waals surface area contributed by atoms with E-state index in [2.05, 4.69) is 5.32 Å². The number of halogens is 1. The van der Waals surface area contributed by atoms with Gasteiger partial charge in [-0.1, -0.05) is 12.1 Å². The number of rotatable bonds is 4. The van der Waals surface area contributed by atoms with Crippen LogP contribution in [0.1, 0.15) is 15.9 Å². The number of ether oxygens (including phenoxy) is 2. The zero-order valence-corrected chi connectivity index (χ0v) is 10.8. The molecule has 1 fully saturated rings. The van der Waals surface area contributed by atoms with Gasteiger partial charge in [-0.05, 0) is 17.7 Å². The molecule has 1 atom stereocenters. The Morgan fingerprint density at radius 1 is 1.44 bits per heavy atom. The highest BCUT2D eigenvalue weighted by atomic mass is 35.5. The molecule has 2 rings (SSSR count). The topological polar surface area (TPSA) is 47.6 Å². The van der Waals surface area contributed by atoms with Crippen LogP contribution in [0.3, 0.4) is 0 Å². The van der Waals surface area contributed by atoms with Crippen LogP contribution in [0.5, 0.6) is 0 Å². The SMILES string of the molecule is O=C(NCC1COCCO1)c1cccc(CCl)c1. The summed E-state index contributed by atoms with van der Waals surface area (Å²) in [6.45, 7) is 2.20. The van der Waals surface area contributed by atoms with Crippen LogP contribution < -0.4 is 5.32 Å². The normalized spacial score (nSPS) is 19.5. The van der Waals surface area contributed by atoms with E-state index in [1.165, 1.54) is 0 Å². The molecule has 1 aromatic rings. The summed E-state index contributed by atoms with van der Waals surface area (Å²) in [5, 5.41) is 2.83. The summed E-state index contributed by atoms with van der Waals surface area (Å²) in [5.41, 5.74) is 1.55. The maximum Gasteiger partial charge on any atom is 0.251 e. The van der Waals surface area contributed by atoms with Crippen LogP contribution in [0.4, 0.5) is 0 Å². The van der Waals surface area contributed by atoms with Gasteiger partial charge in [0.15, 0.2) is 0 Å². The Morgan fingerprint density at radius 3 is 3.06 bits per heavy atom. The summed E-state index contributed by atoms with van der Waals surface area (Å²) in [4.78, 5) is 11.9. The van der Waals surface area contributed by atoms with E-state index in [1.54, 1.807) is 12.1 Å². The Labute approximate surface area is 111 Å². The first-order valence-electron chi connectivity index (χ1n) is 5.92. The van der Waals surface area contributed by atoms with Crippen LogP contribution in [-0.4, -0.2) is 38.4 Å². The molecule has 1 saturated heterocycles. The maximum absolute atomic E-state index is 11.9. The second-order valence-electron chi connectivity index (χ2n) is 4.11. The van der Waals surface area contributed by atoms with Crippen molar-refractivity contribution in [1.29, 1.82) is 0 Å². The summed E-state index contributed by atoms with van der Waals surface area (Å²) >= 11 is 5.73. The molecule has 0 radical (unpaired) electrons. The Morgan fingerprint density at radius 2 is 2.33 bits per heavy atom. The first kappa shape index (κ1) is 13.3. The number of hydrogen-bond acceptors (Lipinski definition) is 3. The number of carbonyl (C=O) groups excluding carboxylic acids is 1. The number of carbonyl (C=O) groups is 1. The van der Waals surface area contributed by atoms with Crippen LogP contribution in [0.25, 0.3) is 0 Å². The predicted molar refractivity (Wildman–Crippen MR) is 68.9 cm³/mol. The summed E-state index contributed by atoms with van der Waals surface area (Å²) in [6.07, 6.45) is -0.0566. The molecule has 5 heteroatoms. The van der Waals surface area contributed by atoms with Crippen molar-refractivity contribution in [2.24, 2.45) is 0 Å². The van der Waals surface area contributed by atoms with Gasteiger partial charge in [-0.3, -0.25) is 4.79 Å². The quantitative estimate of drug-likeness (QED) is 0.844. The zero-order valence-electron chi connectivity index (χ0n) is 10.0. The van der Waals surface area contributed by atoms with Crippen LogP contribution >= 0.6 is 11.6 Å². The Hall–Kier alpha value is -1.10. The Balaban J connectivity index is 1.86. The predicted octanol–water partition coefficient (Wildman–Crippen LogP) is 1.57. The minimum Gasteiger partial charge on any atom is -0.376 e. The van der Waals surface area contributed by atoms with Crippen LogP contribution in [0, 0.1) is 0 Å². The van der Waals surface area contributed by atoms with Gasteiger partial charge in [0.1, 0.15) is 0 Å². The van der Waals surface area contributed by atoms with Crippen molar-refractivity contribution in [3.05, 3.63) is 35.4 Å². The lowest BCUT2D eigenvalue weighted by molar-refractivity contribution is -0.0855. The molecule has 0 spiro atoms. The van der Waals surface area contributed by atoms with Gasteiger partial charge in [0.25, 0.3) is 5.91 Å². The Kier molecular flexibility index (Phi) is 4.99. The van der Waals surface area contributed by atoms with E-state index in [0.717, 1.165) is 5.56 Å². The fraction of sp³-hybridized carbons (Fsp3) is 0.462. The molecule has 1 aliphatic rings. The van der Waals surface area contributed by atoms with E-state index >= 15 is 0 Å². The fourth-order valence-electron chi connectivity index (χ4n) is 1.76. The largest absolute Gasteiger partial charge is 0.376 e. The van der Waals surface area contributed by atoms with Gasteiger partial charge in [0, 0.05) is 18.0 Å². The van der Waals surface area contributed by atoms with E-state index in [1.807, 2.05) is 12.1 Å². The molecular weight excluding hydrogens is 254 g/mol. The summed E-state index contributed by atoms with van der Waals surface area (Å²) in [6, 6.07) is 7.28.